The summed E-state index contributed by atoms with van der Waals surface area (Å²) < 4.78 is 12.5. The van der Waals surface area contributed by atoms with E-state index in [1.807, 2.05) is 55.9 Å². The number of piperidine rings is 1. The van der Waals surface area contributed by atoms with Crippen molar-refractivity contribution in [1.29, 1.82) is 0 Å². The van der Waals surface area contributed by atoms with E-state index in [1.165, 1.54) is 0 Å². The van der Waals surface area contributed by atoms with Crippen LogP contribution in [0.15, 0.2) is 36.7 Å². The number of carbonyl (C=O) groups is 1. The highest BCUT2D eigenvalue weighted by molar-refractivity contribution is 5.96. The molecule has 1 aliphatic rings. The third-order valence-corrected chi connectivity index (χ3v) is 5.62. The maximum absolute atomic E-state index is 12.3. The fourth-order valence-electron chi connectivity index (χ4n) is 4.17. The normalized spacial score (nSPS) is 16.6. The van der Waals surface area contributed by atoms with Crippen LogP contribution in [0.4, 0.5) is 16.2 Å². The minimum absolute atomic E-state index is 0.0226. The van der Waals surface area contributed by atoms with Gasteiger partial charge in [-0.05, 0) is 51.3 Å². The van der Waals surface area contributed by atoms with E-state index in [1.54, 1.807) is 13.3 Å². The largest absolute Gasteiger partial charge is 0.497 e. The molecule has 176 valence electrons. The van der Waals surface area contributed by atoms with E-state index < -0.39 is 11.7 Å². The van der Waals surface area contributed by atoms with E-state index in [0.29, 0.717) is 18.8 Å². The minimum Gasteiger partial charge on any atom is -0.497 e. The fraction of sp³-hybridized carbons (Fsp3) is 0.458. The molecule has 4 rings (SSSR count). The number of ether oxygens (including phenoxy) is 2. The second-order valence-corrected chi connectivity index (χ2v) is 9.38. The average molecular weight is 453 g/mol. The molecule has 2 aromatic heterocycles. The zero-order valence-electron chi connectivity index (χ0n) is 19.7. The minimum atomic E-state index is -0.529. The topological polar surface area (TPSA) is 108 Å². The van der Waals surface area contributed by atoms with Gasteiger partial charge in [-0.3, -0.25) is 0 Å². The molecule has 0 radical (unpaired) electrons. The van der Waals surface area contributed by atoms with Gasteiger partial charge < -0.3 is 25.4 Å². The molecule has 1 atom stereocenters. The highest BCUT2D eigenvalue weighted by atomic mass is 16.6. The van der Waals surface area contributed by atoms with Gasteiger partial charge in [0.05, 0.1) is 42.8 Å². The fourth-order valence-corrected chi connectivity index (χ4v) is 4.17. The van der Waals surface area contributed by atoms with E-state index >= 15 is 0 Å². The van der Waals surface area contributed by atoms with Gasteiger partial charge in [0.15, 0.2) is 5.65 Å². The zero-order valence-corrected chi connectivity index (χ0v) is 19.7. The van der Waals surface area contributed by atoms with Gasteiger partial charge in [-0.25, -0.2) is 14.5 Å². The Balaban J connectivity index is 1.54. The van der Waals surface area contributed by atoms with Crippen molar-refractivity contribution in [3.8, 4) is 5.75 Å². The van der Waals surface area contributed by atoms with E-state index in [2.05, 4.69) is 20.3 Å². The van der Waals surface area contributed by atoms with Gasteiger partial charge in [0.25, 0.3) is 0 Å². The molecule has 0 bridgehead atoms. The lowest BCUT2D eigenvalue weighted by molar-refractivity contribution is 0.0500. The quantitative estimate of drug-likeness (QED) is 0.609. The van der Waals surface area contributed by atoms with Crippen molar-refractivity contribution in [2.75, 3.05) is 30.8 Å². The van der Waals surface area contributed by atoms with Gasteiger partial charge in [0.2, 0.25) is 0 Å². The summed E-state index contributed by atoms with van der Waals surface area (Å²) in [5.41, 5.74) is 9.23. The monoisotopic (exact) mass is 452 g/mol. The molecule has 0 unspecified atom stereocenters. The van der Waals surface area contributed by atoms with Gasteiger partial charge in [-0.2, -0.15) is 5.10 Å². The SMILES string of the molecule is COc1ccc(Cn2ncc3c(N4CCC[C@H](NC(=O)OC(C)(C)C)C4)c(N)cnc32)cc1. The van der Waals surface area contributed by atoms with Crippen molar-refractivity contribution in [2.24, 2.45) is 0 Å². The number of nitrogens with zero attached hydrogens (tertiary/aromatic N) is 4. The van der Waals surface area contributed by atoms with Crippen molar-refractivity contribution in [3.05, 3.63) is 42.2 Å². The summed E-state index contributed by atoms with van der Waals surface area (Å²) in [5, 5.41) is 8.49. The van der Waals surface area contributed by atoms with Crippen LogP contribution in [-0.2, 0) is 11.3 Å². The van der Waals surface area contributed by atoms with Crippen molar-refractivity contribution in [3.63, 3.8) is 0 Å². The number of rotatable bonds is 5. The van der Waals surface area contributed by atoms with Crippen LogP contribution in [0.1, 0.15) is 39.2 Å². The smallest absolute Gasteiger partial charge is 0.407 e. The van der Waals surface area contributed by atoms with Crippen LogP contribution >= 0.6 is 0 Å². The summed E-state index contributed by atoms with van der Waals surface area (Å²) in [6, 6.07) is 7.88. The number of carbonyl (C=O) groups excluding carboxylic acids is 1. The van der Waals surface area contributed by atoms with Crippen LogP contribution in [0.25, 0.3) is 11.0 Å². The molecule has 9 heteroatoms. The lowest BCUT2D eigenvalue weighted by atomic mass is 10.0. The van der Waals surface area contributed by atoms with Crippen LogP contribution < -0.4 is 20.7 Å². The summed E-state index contributed by atoms with van der Waals surface area (Å²) >= 11 is 0. The number of hydrogen-bond donors (Lipinski definition) is 2. The summed E-state index contributed by atoms with van der Waals surface area (Å²) in [7, 11) is 1.65. The molecule has 3 aromatic rings. The summed E-state index contributed by atoms with van der Waals surface area (Å²) in [4.78, 5) is 19.0. The first kappa shape index (κ1) is 22.7. The maximum atomic E-state index is 12.3. The lowest BCUT2D eigenvalue weighted by Gasteiger charge is -2.35. The van der Waals surface area contributed by atoms with Gasteiger partial charge in [-0.15, -0.1) is 0 Å². The molecule has 3 heterocycles. The number of alkyl carbamates (subject to hydrolysis) is 1. The Labute approximate surface area is 193 Å². The Kier molecular flexibility index (Phi) is 6.31. The number of nitrogens with one attached hydrogen (secondary N) is 1. The summed E-state index contributed by atoms with van der Waals surface area (Å²) in [6.07, 6.45) is 4.94. The molecule has 1 fully saturated rings. The maximum Gasteiger partial charge on any atom is 0.407 e. The van der Waals surface area contributed by atoms with Crippen molar-refractivity contribution in [2.45, 2.75) is 51.8 Å². The number of aromatic nitrogens is 3. The molecule has 0 saturated carbocycles. The Morgan fingerprint density at radius 3 is 2.70 bits per heavy atom. The average Bonchev–Trinajstić information content (AvgIpc) is 3.15. The van der Waals surface area contributed by atoms with E-state index in [4.69, 9.17) is 15.2 Å². The molecule has 0 aliphatic carbocycles. The first-order valence-electron chi connectivity index (χ1n) is 11.2. The lowest BCUT2D eigenvalue weighted by Crippen LogP contribution is -2.49. The molecular formula is C24H32N6O3. The Morgan fingerprint density at radius 1 is 1.24 bits per heavy atom. The molecule has 0 spiro atoms. The first-order chi connectivity index (χ1) is 15.7. The number of benzene rings is 1. The molecule has 1 saturated heterocycles. The molecule has 1 aliphatic heterocycles. The van der Waals surface area contributed by atoms with E-state index in [-0.39, 0.29) is 6.04 Å². The summed E-state index contributed by atoms with van der Waals surface area (Å²) in [5.74, 6) is 0.817. The number of hydrogen-bond acceptors (Lipinski definition) is 7. The van der Waals surface area contributed by atoms with Crippen LogP contribution in [0.2, 0.25) is 0 Å². The standard InChI is InChI=1S/C24H32N6O3/c1-24(2,3)33-23(31)28-17-6-5-11-29(15-17)21-19-12-27-30(22(19)26-13-20(21)25)14-16-7-9-18(32-4)10-8-16/h7-10,12-13,17H,5-6,11,14-15,25H2,1-4H3,(H,28,31)/t17-/m0/s1. The highest BCUT2D eigenvalue weighted by Crippen LogP contribution is 2.33. The van der Waals surface area contributed by atoms with Crippen molar-refractivity contribution in [1.82, 2.24) is 20.1 Å². The first-order valence-corrected chi connectivity index (χ1v) is 11.2. The van der Waals surface area contributed by atoms with E-state index in [0.717, 1.165) is 47.4 Å². The predicted molar refractivity (Wildman–Crippen MR) is 129 cm³/mol. The third kappa shape index (κ3) is 5.30. The van der Waals surface area contributed by atoms with Crippen molar-refractivity contribution < 1.29 is 14.3 Å². The number of amides is 1. The predicted octanol–water partition coefficient (Wildman–Crippen LogP) is 3.56. The molecule has 9 nitrogen and oxygen atoms in total. The van der Waals surface area contributed by atoms with Gasteiger partial charge >= 0.3 is 6.09 Å². The van der Waals surface area contributed by atoms with Crippen molar-refractivity contribution >= 4 is 28.5 Å². The number of fused-ring (bicyclic) bond motifs is 1. The number of pyridine rings is 1. The third-order valence-electron chi connectivity index (χ3n) is 5.62. The van der Waals surface area contributed by atoms with Crippen LogP contribution in [0, 0.1) is 0 Å². The number of anilines is 2. The zero-order chi connectivity index (χ0) is 23.6. The van der Waals surface area contributed by atoms with Gasteiger partial charge in [-0.1, -0.05) is 12.1 Å². The molecular weight excluding hydrogens is 420 g/mol. The highest BCUT2D eigenvalue weighted by Gasteiger charge is 2.27. The van der Waals surface area contributed by atoms with Crippen LogP contribution in [0.3, 0.4) is 0 Å². The number of methoxy groups -OCH3 is 1. The van der Waals surface area contributed by atoms with Gasteiger partial charge in [0, 0.05) is 19.1 Å². The van der Waals surface area contributed by atoms with Crippen LogP contribution in [-0.4, -0.2) is 52.7 Å². The van der Waals surface area contributed by atoms with Crippen LogP contribution in [0.5, 0.6) is 5.75 Å². The molecule has 1 amide bonds. The molecule has 1 aromatic carbocycles. The van der Waals surface area contributed by atoms with E-state index in [9.17, 15) is 4.79 Å². The Bertz CT molecular complexity index is 1120. The Morgan fingerprint density at radius 2 is 2.00 bits per heavy atom. The summed E-state index contributed by atoms with van der Waals surface area (Å²) in [6.45, 7) is 7.66. The second kappa shape index (κ2) is 9.17. The molecule has 3 N–H and O–H groups in total. The number of nitrogen functional groups attached to an aromatic ring is 1. The second-order valence-electron chi connectivity index (χ2n) is 9.38. The van der Waals surface area contributed by atoms with Gasteiger partial charge in [0.1, 0.15) is 11.4 Å². The number of nitrogens with two attached hydrogens (primary N) is 1. The molecule has 33 heavy (non-hydrogen) atoms. The Hall–Kier alpha value is -3.49.